The molecule has 4 rings (SSSR count). The van der Waals surface area contributed by atoms with Gasteiger partial charge in [0, 0.05) is 48.5 Å². The van der Waals surface area contributed by atoms with E-state index in [0.29, 0.717) is 6.04 Å². The molecule has 8 heteroatoms. The van der Waals surface area contributed by atoms with Crippen LogP contribution in [0, 0.1) is 0 Å². The van der Waals surface area contributed by atoms with Gasteiger partial charge in [-0.2, -0.15) is 9.78 Å². The van der Waals surface area contributed by atoms with E-state index in [-0.39, 0.29) is 5.91 Å². The van der Waals surface area contributed by atoms with E-state index in [1.807, 2.05) is 63.2 Å². The zero-order valence-electron chi connectivity index (χ0n) is 19.6. The van der Waals surface area contributed by atoms with E-state index in [0.717, 1.165) is 53.9 Å². The smallest absolute Gasteiger partial charge is 0.435 e. The molecule has 33 heavy (non-hydrogen) atoms. The monoisotopic (exact) mass is 449 g/mol. The van der Waals surface area contributed by atoms with Crippen molar-refractivity contribution in [2.45, 2.75) is 52.2 Å². The van der Waals surface area contributed by atoms with Crippen LogP contribution in [0.2, 0.25) is 0 Å². The minimum absolute atomic E-state index is 0.0707. The fourth-order valence-corrected chi connectivity index (χ4v) is 4.10. The van der Waals surface area contributed by atoms with Gasteiger partial charge in [0.15, 0.2) is 0 Å². The van der Waals surface area contributed by atoms with Crippen LogP contribution in [0.5, 0.6) is 0 Å². The second kappa shape index (κ2) is 9.13. The van der Waals surface area contributed by atoms with Crippen LogP contribution < -0.4 is 15.5 Å². The molecule has 0 bridgehead atoms. The van der Waals surface area contributed by atoms with Crippen LogP contribution >= 0.6 is 0 Å². The van der Waals surface area contributed by atoms with E-state index in [4.69, 9.17) is 4.74 Å². The largest absolute Gasteiger partial charge is 0.442 e. The molecule has 1 saturated heterocycles. The second-order valence-electron chi connectivity index (χ2n) is 9.47. The van der Waals surface area contributed by atoms with E-state index in [1.165, 1.54) is 11.6 Å². The number of amides is 1. The van der Waals surface area contributed by atoms with Gasteiger partial charge in [0.2, 0.25) is 5.91 Å². The lowest BCUT2D eigenvalue weighted by atomic mass is 10.0. The van der Waals surface area contributed by atoms with Crippen LogP contribution in [0.15, 0.2) is 48.7 Å². The Morgan fingerprint density at radius 1 is 1.09 bits per heavy atom. The fourth-order valence-electron chi connectivity index (χ4n) is 4.10. The van der Waals surface area contributed by atoms with Crippen LogP contribution in [0.3, 0.4) is 0 Å². The number of carbonyl (C=O) groups excluding carboxylic acids is 2. The number of fused-ring (bicyclic) bond motifs is 1. The van der Waals surface area contributed by atoms with E-state index in [1.54, 1.807) is 6.20 Å². The highest BCUT2D eigenvalue weighted by Crippen LogP contribution is 2.25. The van der Waals surface area contributed by atoms with Gasteiger partial charge in [-0.05, 0) is 76.1 Å². The quantitative estimate of drug-likeness (QED) is 0.591. The molecular formula is C25H31N5O3. The summed E-state index contributed by atoms with van der Waals surface area (Å²) < 4.78 is 6.74. The number of rotatable bonds is 4. The van der Waals surface area contributed by atoms with Crippen molar-refractivity contribution < 1.29 is 14.3 Å². The maximum Gasteiger partial charge on any atom is 0.435 e. The summed E-state index contributed by atoms with van der Waals surface area (Å²) in [7, 11) is 0. The Labute approximate surface area is 193 Å². The van der Waals surface area contributed by atoms with Crippen LogP contribution in [0.25, 0.3) is 10.9 Å². The third-order valence-corrected chi connectivity index (χ3v) is 5.48. The molecule has 2 aromatic carbocycles. The molecule has 2 heterocycles. The summed E-state index contributed by atoms with van der Waals surface area (Å²) in [5.74, 6) is -0.0707. The second-order valence-corrected chi connectivity index (χ2v) is 9.47. The summed E-state index contributed by atoms with van der Waals surface area (Å²) in [6.07, 6.45) is 3.37. The van der Waals surface area contributed by atoms with E-state index >= 15 is 0 Å². The number of anilines is 3. The SMILES string of the molecule is CC(=O)Nc1ccc(N2CCCC(Nc3ccc4c(cnn4C(=O)OC(C)(C)C)c3)C2)cc1. The number of nitrogens with zero attached hydrogens (tertiary/aromatic N) is 3. The van der Waals surface area contributed by atoms with Crippen molar-refractivity contribution in [3.05, 3.63) is 48.7 Å². The minimum Gasteiger partial charge on any atom is -0.442 e. The van der Waals surface area contributed by atoms with Crippen molar-refractivity contribution in [3.8, 4) is 0 Å². The molecule has 174 valence electrons. The summed E-state index contributed by atoms with van der Waals surface area (Å²) in [6.45, 7) is 8.90. The van der Waals surface area contributed by atoms with E-state index in [2.05, 4.69) is 20.6 Å². The first-order valence-electron chi connectivity index (χ1n) is 11.3. The molecule has 8 nitrogen and oxygen atoms in total. The lowest BCUT2D eigenvalue weighted by Crippen LogP contribution is -2.42. The average Bonchev–Trinajstić information content (AvgIpc) is 3.16. The molecule has 1 aliphatic heterocycles. The van der Waals surface area contributed by atoms with Crippen LogP contribution in [-0.2, 0) is 9.53 Å². The highest BCUT2D eigenvalue weighted by Gasteiger charge is 2.22. The predicted octanol–water partition coefficient (Wildman–Crippen LogP) is 4.86. The number of benzene rings is 2. The molecule has 0 saturated carbocycles. The molecule has 0 radical (unpaired) electrons. The molecule has 2 N–H and O–H groups in total. The lowest BCUT2D eigenvalue weighted by molar-refractivity contribution is -0.114. The summed E-state index contributed by atoms with van der Waals surface area (Å²) in [5, 5.41) is 11.5. The fraction of sp³-hybridized carbons (Fsp3) is 0.400. The molecule has 1 unspecified atom stereocenters. The van der Waals surface area contributed by atoms with Crippen LogP contribution in [-0.4, -0.2) is 46.5 Å². The van der Waals surface area contributed by atoms with Gasteiger partial charge >= 0.3 is 6.09 Å². The highest BCUT2D eigenvalue weighted by atomic mass is 16.6. The molecule has 1 atom stereocenters. The zero-order chi connectivity index (χ0) is 23.6. The third-order valence-electron chi connectivity index (χ3n) is 5.48. The standard InChI is InChI=1S/C25H31N5O3/c1-17(31)27-19-7-10-22(11-8-19)29-13-5-6-21(16-29)28-20-9-12-23-18(14-20)15-26-30(23)24(32)33-25(2,3)4/h7-12,14-15,21,28H,5-6,13,16H2,1-4H3,(H,27,31). The van der Waals surface area contributed by atoms with Gasteiger partial charge in [0.25, 0.3) is 0 Å². The van der Waals surface area contributed by atoms with Gasteiger partial charge < -0.3 is 20.3 Å². The van der Waals surface area contributed by atoms with Gasteiger partial charge in [-0.15, -0.1) is 0 Å². The number of aromatic nitrogens is 2. The molecular weight excluding hydrogens is 418 g/mol. The molecule has 1 amide bonds. The summed E-state index contributed by atoms with van der Waals surface area (Å²) in [6, 6.07) is 14.2. The number of ether oxygens (including phenoxy) is 1. The number of hydrogen-bond donors (Lipinski definition) is 2. The van der Waals surface area contributed by atoms with E-state index in [9.17, 15) is 9.59 Å². The molecule has 1 fully saturated rings. The topological polar surface area (TPSA) is 88.5 Å². The highest BCUT2D eigenvalue weighted by molar-refractivity contribution is 5.90. The summed E-state index contributed by atoms with van der Waals surface area (Å²) in [4.78, 5) is 26.0. The van der Waals surface area contributed by atoms with Crippen molar-refractivity contribution >= 4 is 40.0 Å². The Kier molecular flexibility index (Phi) is 6.26. The van der Waals surface area contributed by atoms with Gasteiger partial charge in [0.05, 0.1) is 11.7 Å². The Morgan fingerprint density at radius 3 is 2.52 bits per heavy atom. The normalized spacial score (nSPS) is 16.5. The Morgan fingerprint density at radius 2 is 1.82 bits per heavy atom. The average molecular weight is 450 g/mol. The number of carbonyl (C=O) groups is 2. The van der Waals surface area contributed by atoms with Crippen LogP contribution in [0.1, 0.15) is 40.5 Å². The number of nitrogens with one attached hydrogen (secondary N) is 2. The summed E-state index contributed by atoms with van der Waals surface area (Å²) >= 11 is 0. The van der Waals surface area contributed by atoms with E-state index < -0.39 is 11.7 Å². The van der Waals surface area contributed by atoms with Gasteiger partial charge in [0.1, 0.15) is 5.60 Å². The van der Waals surface area contributed by atoms with Crippen molar-refractivity contribution in [3.63, 3.8) is 0 Å². The molecule has 1 aromatic heterocycles. The van der Waals surface area contributed by atoms with Gasteiger partial charge in [-0.3, -0.25) is 4.79 Å². The number of hydrogen-bond acceptors (Lipinski definition) is 6. The van der Waals surface area contributed by atoms with Crippen molar-refractivity contribution in [2.24, 2.45) is 0 Å². The van der Waals surface area contributed by atoms with Crippen LogP contribution in [0.4, 0.5) is 21.9 Å². The lowest BCUT2D eigenvalue weighted by Gasteiger charge is -2.35. The Bertz CT molecular complexity index is 1150. The third kappa shape index (κ3) is 5.63. The molecule has 3 aromatic rings. The van der Waals surface area contributed by atoms with Crippen molar-refractivity contribution in [2.75, 3.05) is 28.6 Å². The van der Waals surface area contributed by atoms with Gasteiger partial charge in [-0.1, -0.05) is 0 Å². The molecule has 1 aliphatic rings. The first-order valence-corrected chi connectivity index (χ1v) is 11.3. The number of piperidine rings is 1. The molecule has 0 spiro atoms. The summed E-state index contributed by atoms with van der Waals surface area (Å²) in [5.41, 5.74) is 3.09. The van der Waals surface area contributed by atoms with Crippen molar-refractivity contribution in [1.82, 2.24) is 9.78 Å². The van der Waals surface area contributed by atoms with Gasteiger partial charge in [-0.25, -0.2) is 4.79 Å². The Balaban J connectivity index is 1.42. The van der Waals surface area contributed by atoms with Crippen molar-refractivity contribution in [1.29, 1.82) is 0 Å². The molecule has 0 aliphatic carbocycles. The maximum atomic E-state index is 12.4. The predicted molar refractivity (Wildman–Crippen MR) is 131 cm³/mol. The first kappa shape index (κ1) is 22.6. The minimum atomic E-state index is -0.575. The Hall–Kier alpha value is -3.55. The maximum absolute atomic E-state index is 12.4. The zero-order valence-corrected chi connectivity index (χ0v) is 19.6. The first-order chi connectivity index (χ1) is 15.7.